The highest BCUT2D eigenvalue weighted by Gasteiger charge is 2.19. The lowest BCUT2D eigenvalue weighted by Gasteiger charge is -2.37. The van der Waals surface area contributed by atoms with E-state index in [0.717, 1.165) is 52.2 Å². The third-order valence-corrected chi connectivity index (χ3v) is 5.05. The van der Waals surface area contributed by atoms with Gasteiger partial charge in [0, 0.05) is 51.4 Å². The normalized spacial score (nSPS) is 15.6. The first-order valence-electron chi connectivity index (χ1n) is 9.42. The van der Waals surface area contributed by atoms with Crippen LogP contribution in [0.25, 0.3) is 0 Å². The van der Waals surface area contributed by atoms with Gasteiger partial charge in [-0.2, -0.15) is 0 Å². The summed E-state index contributed by atoms with van der Waals surface area (Å²) in [4.78, 5) is 19.0. The number of nitrogens with zero attached hydrogens (tertiary/aromatic N) is 3. The second kappa shape index (κ2) is 9.78. The molecule has 0 unspecified atom stereocenters. The Morgan fingerprint density at radius 1 is 1.16 bits per heavy atom. The van der Waals surface area contributed by atoms with Crippen molar-refractivity contribution in [1.29, 1.82) is 0 Å². The van der Waals surface area contributed by atoms with Gasteiger partial charge in [0.2, 0.25) is 5.91 Å². The van der Waals surface area contributed by atoms with Crippen LogP contribution in [-0.4, -0.2) is 75.6 Å². The molecule has 0 bridgehead atoms. The van der Waals surface area contributed by atoms with Crippen LogP contribution in [0.15, 0.2) is 18.2 Å². The maximum Gasteiger partial charge on any atom is 0.221 e. The monoisotopic (exact) mass is 346 g/mol. The molecule has 1 saturated heterocycles. The number of nitrogens with one attached hydrogen (secondary N) is 1. The zero-order valence-electron chi connectivity index (χ0n) is 16.3. The maximum atomic E-state index is 11.9. The minimum atomic E-state index is 0.177. The molecule has 1 aromatic rings. The van der Waals surface area contributed by atoms with Gasteiger partial charge < -0.3 is 15.1 Å². The van der Waals surface area contributed by atoms with Crippen molar-refractivity contribution >= 4 is 11.6 Å². The number of aryl methyl sites for hydroxylation is 1. The average molecular weight is 347 g/mol. The lowest BCUT2D eigenvalue weighted by molar-refractivity contribution is -0.121. The smallest absolute Gasteiger partial charge is 0.221 e. The molecule has 1 aliphatic rings. The number of amides is 1. The van der Waals surface area contributed by atoms with E-state index in [2.05, 4.69) is 66.2 Å². The minimum Gasteiger partial charge on any atom is -0.369 e. The predicted molar refractivity (Wildman–Crippen MR) is 105 cm³/mol. The highest BCUT2D eigenvalue weighted by molar-refractivity contribution is 5.76. The molecule has 0 atom stereocenters. The average Bonchev–Trinajstić information content (AvgIpc) is 2.60. The van der Waals surface area contributed by atoms with Crippen LogP contribution < -0.4 is 10.2 Å². The Morgan fingerprint density at radius 2 is 1.88 bits per heavy atom. The van der Waals surface area contributed by atoms with Crippen LogP contribution in [0.5, 0.6) is 0 Å². The Labute approximate surface area is 153 Å². The zero-order chi connectivity index (χ0) is 18.2. The first-order chi connectivity index (χ1) is 12.0. The Kier molecular flexibility index (Phi) is 7.72. The van der Waals surface area contributed by atoms with Gasteiger partial charge in [0.25, 0.3) is 0 Å². The number of carbonyl (C=O) groups is 1. The molecule has 25 heavy (non-hydrogen) atoms. The Bertz CT molecular complexity index is 551. The summed E-state index contributed by atoms with van der Waals surface area (Å²) >= 11 is 0. The van der Waals surface area contributed by atoms with Crippen molar-refractivity contribution in [2.24, 2.45) is 0 Å². The number of anilines is 1. The van der Waals surface area contributed by atoms with Crippen molar-refractivity contribution in [1.82, 2.24) is 15.1 Å². The summed E-state index contributed by atoms with van der Waals surface area (Å²) < 4.78 is 0. The van der Waals surface area contributed by atoms with E-state index in [-0.39, 0.29) is 5.91 Å². The fourth-order valence-corrected chi connectivity index (χ4v) is 3.26. The molecule has 1 heterocycles. The summed E-state index contributed by atoms with van der Waals surface area (Å²) in [5.74, 6) is 0.177. The number of hydrogen-bond acceptors (Lipinski definition) is 4. The molecule has 5 heteroatoms. The topological polar surface area (TPSA) is 38.8 Å². The Hall–Kier alpha value is -1.59. The molecular weight excluding hydrogens is 312 g/mol. The molecular formula is C20H34N4O. The zero-order valence-corrected chi connectivity index (χ0v) is 16.3. The van der Waals surface area contributed by atoms with Crippen LogP contribution in [0.1, 0.15) is 24.0 Å². The van der Waals surface area contributed by atoms with Crippen molar-refractivity contribution in [3.63, 3.8) is 0 Å². The minimum absolute atomic E-state index is 0.177. The van der Waals surface area contributed by atoms with E-state index in [4.69, 9.17) is 0 Å². The van der Waals surface area contributed by atoms with Crippen LogP contribution in [-0.2, 0) is 4.79 Å². The Balaban J connectivity index is 1.67. The molecule has 1 aliphatic heterocycles. The lowest BCUT2D eigenvalue weighted by atomic mass is 10.1. The summed E-state index contributed by atoms with van der Waals surface area (Å²) in [6.45, 7) is 11.2. The summed E-state index contributed by atoms with van der Waals surface area (Å²) in [5.41, 5.74) is 4.09. The standard InChI is InChI=1S/C20H34N4O/c1-17-7-5-8-19(18(17)2)24-15-13-23(14-16-24)12-9-20(25)21-10-6-11-22(3)4/h5,7-8H,6,9-16H2,1-4H3,(H,21,25). The number of piperazine rings is 1. The van der Waals surface area contributed by atoms with Crippen LogP contribution in [0.2, 0.25) is 0 Å². The van der Waals surface area contributed by atoms with Gasteiger partial charge in [-0.15, -0.1) is 0 Å². The van der Waals surface area contributed by atoms with E-state index in [0.29, 0.717) is 6.42 Å². The van der Waals surface area contributed by atoms with E-state index < -0.39 is 0 Å². The number of rotatable bonds is 8. The SMILES string of the molecule is Cc1cccc(N2CCN(CCC(=O)NCCCN(C)C)CC2)c1C. The van der Waals surface area contributed by atoms with E-state index in [9.17, 15) is 4.79 Å². The lowest BCUT2D eigenvalue weighted by Crippen LogP contribution is -2.47. The highest BCUT2D eigenvalue weighted by atomic mass is 16.1. The van der Waals surface area contributed by atoms with Gasteiger partial charge in [-0.1, -0.05) is 12.1 Å². The first kappa shape index (κ1) is 19.7. The van der Waals surface area contributed by atoms with Crippen LogP contribution in [0.4, 0.5) is 5.69 Å². The number of hydrogen-bond donors (Lipinski definition) is 1. The third-order valence-electron chi connectivity index (χ3n) is 5.05. The van der Waals surface area contributed by atoms with Gasteiger partial charge in [0.1, 0.15) is 0 Å². The van der Waals surface area contributed by atoms with Gasteiger partial charge in [0.15, 0.2) is 0 Å². The first-order valence-corrected chi connectivity index (χ1v) is 9.42. The van der Waals surface area contributed by atoms with E-state index in [1.165, 1.54) is 16.8 Å². The highest BCUT2D eigenvalue weighted by Crippen LogP contribution is 2.23. The third kappa shape index (κ3) is 6.33. The summed E-state index contributed by atoms with van der Waals surface area (Å²) in [6, 6.07) is 6.54. The number of benzene rings is 1. The van der Waals surface area contributed by atoms with E-state index in [1.54, 1.807) is 0 Å². The van der Waals surface area contributed by atoms with Gasteiger partial charge in [-0.05, 0) is 58.1 Å². The summed E-state index contributed by atoms with van der Waals surface area (Å²) in [7, 11) is 4.11. The molecule has 1 N–H and O–H groups in total. The van der Waals surface area contributed by atoms with Gasteiger partial charge in [-0.3, -0.25) is 9.69 Å². The predicted octanol–water partition coefficient (Wildman–Crippen LogP) is 1.88. The van der Waals surface area contributed by atoms with Crippen LogP contribution >= 0.6 is 0 Å². The van der Waals surface area contributed by atoms with Crippen molar-refractivity contribution < 1.29 is 4.79 Å². The molecule has 1 aromatic carbocycles. The number of carbonyl (C=O) groups excluding carboxylic acids is 1. The Morgan fingerprint density at radius 3 is 2.56 bits per heavy atom. The van der Waals surface area contributed by atoms with Crippen molar-refractivity contribution in [2.45, 2.75) is 26.7 Å². The van der Waals surface area contributed by atoms with Crippen LogP contribution in [0.3, 0.4) is 0 Å². The molecule has 2 rings (SSSR count). The van der Waals surface area contributed by atoms with Crippen molar-refractivity contribution in [2.75, 3.05) is 64.8 Å². The van der Waals surface area contributed by atoms with Crippen molar-refractivity contribution in [3.05, 3.63) is 29.3 Å². The van der Waals surface area contributed by atoms with Gasteiger partial charge >= 0.3 is 0 Å². The van der Waals surface area contributed by atoms with Crippen molar-refractivity contribution in [3.8, 4) is 0 Å². The summed E-state index contributed by atoms with van der Waals surface area (Å²) in [5, 5.41) is 3.02. The molecule has 0 saturated carbocycles. The molecule has 0 radical (unpaired) electrons. The van der Waals surface area contributed by atoms with Crippen LogP contribution in [0, 0.1) is 13.8 Å². The van der Waals surface area contributed by atoms with Gasteiger partial charge in [0.05, 0.1) is 0 Å². The molecule has 0 aromatic heterocycles. The maximum absolute atomic E-state index is 11.9. The van der Waals surface area contributed by atoms with E-state index >= 15 is 0 Å². The fourth-order valence-electron chi connectivity index (χ4n) is 3.26. The second-order valence-corrected chi connectivity index (χ2v) is 7.30. The quantitative estimate of drug-likeness (QED) is 0.730. The molecule has 1 amide bonds. The molecule has 0 aliphatic carbocycles. The molecule has 140 valence electrons. The fraction of sp³-hybridized carbons (Fsp3) is 0.650. The largest absolute Gasteiger partial charge is 0.369 e. The molecule has 0 spiro atoms. The van der Waals surface area contributed by atoms with Gasteiger partial charge in [-0.25, -0.2) is 0 Å². The summed E-state index contributed by atoms with van der Waals surface area (Å²) in [6.07, 6.45) is 1.61. The molecule has 1 fully saturated rings. The molecule has 5 nitrogen and oxygen atoms in total. The second-order valence-electron chi connectivity index (χ2n) is 7.30. The van der Waals surface area contributed by atoms with E-state index in [1.807, 2.05) is 0 Å².